The lowest BCUT2D eigenvalue weighted by molar-refractivity contribution is -0.158. The van der Waals surface area contributed by atoms with E-state index in [9.17, 15) is 14.4 Å². The molecule has 0 spiro atoms. The van der Waals surface area contributed by atoms with Crippen LogP contribution < -0.4 is 9.47 Å². The molecule has 0 saturated heterocycles. The van der Waals surface area contributed by atoms with E-state index in [4.69, 9.17) is 18.9 Å². The van der Waals surface area contributed by atoms with Gasteiger partial charge in [-0.05, 0) is 85.8 Å². The molecule has 0 saturated carbocycles. The number of esters is 3. The fraction of sp³-hybridized carbons (Fsp3) is 0.417. The maximum Gasteiger partial charge on any atom is 0.347 e. The number of carbonyl (C=O) groups is 3. The van der Waals surface area contributed by atoms with E-state index in [2.05, 4.69) is 6.92 Å². The van der Waals surface area contributed by atoms with Gasteiger partial charge in [-0.2, -0.15) is 0 Å². The fourth-order valence-electron chi connectivity index (χ4n) is 4.43. The SMILES string of the molecule is CCCCCCCCOc1ccc(-c2ccc(C(=O)Oc3ccc(C(=O)OC(C)C(=O)OC(CC)CC)cc3)cc2)cc1. The van der Waals surface area contributed by atoms with Crippen LogP contribution in [-0.2, 0) is 14.3 Å². The zero-order chi connectivity index (χ0) is 31.0. The first kappa shape index (κ1) is 33.4. The minimum atomic E-state index is -1.03. The van der Waals surface area contributed by atoms with E-state index in [1.54, 1.807) is 12.1 Å². The van der Waals surface area contributed by atoms with Crippen LogP contribution >= 0.6 is 0 Å². The summed E-state index contributed by atoms with van der Waals surface area (Å²) in [5.74, 6) is -0.629. The molecule has 1 unspecified atom stereocenters. The normalized spacial score (nSPS) is 11.6. The van der Waals surface area contributed by atoms with Crippen LogP contribution in [-0.4, -0.2) is 36.7 Å². The monoisotopic (exact) mass is 588 g/mol. The third-order valence-corrected chi connectivity index (χ3v) is 7.18. The van der Waals surface area contributed by atoms with Crippen molar-refractivity contribution in [1.82, 2.24) is 0 Å². The van der Waals surface area contributed by atoms with Gasteiger partial charge in [-0.25, -0.2) is 14.4 Å². The van der Waals surface area contributed by atoms with Gasteiger partial charge in [-0.15, -0.1) is 0 Å². The standard InChI is InChI=1S/C36H44O7/c1-5-8-9-10-11-12-25-40-32-21-17-28(18-22-32)27-13-15-29(16-14-27)36(39)43-33-23-19-30(20-24-33)35(38)41-26(4)34(37)42-31(6-2)7-3/h13-24,26,31H,5-12,25H2,1-4H3. The summed E-state index contributed by atoms with van der Waals surface area (Å²) in [6.45, 7) is 8.28. The van der Waals surface area contributed by atoms with Gasteiger partial charge in [0.05, 0.1) is 17.7 Å². The number of ether oxygens (including phenoxy) is 4. The van der Waals surface area contributed by atoms with Crippen molar-refractivity contribution in [2.24, 2.45) is 0 Å². The van der Waals surface area contributed by atoms with Gasteiger partial charge in [0.2, 0.25) is 0 Å². The molecule has 0 bridgehead atoms. The summed E-state index contributed by atoms with van der Waals surface area (Å²) < 4.78 is 21.9. The summed E-state index contributed by atoms with van der Waals surface area (Å²) in [7, 11) is 0. The van der Waals surface area contributed by atoms with Crippen LogP contribution in [0.5, 0.6) is 11.5 Å². The molecule has 0 N–H and O–H groups in total. The van der Waals surface area contributed by atoms with Gasteiger partial charge in [-0.1, -0.05) is 77.1 Å². The Morgan fingerprint density at radius 1 is 0.605 bits per heavy atom. The molecule has 0 aromatic heterocycles. The highest BCUT2D eigenvalue weighted by Crippen LogP contribution is 2.24. The first-order chi connectivity index (χ1) is 20.8. The van der Waals surface area contributed by atoms with Crippen LogP contribution in [0.4, 0.5) is 0 Å². The van der Waals surface area contributed by atoms with Crippen LogP contribution in [0.25, 0.3) is 11.1 Å². The summed E-state index contributed by atoms with van der Waals surface area (Å²) in [5.41, 5.74) is 2.62. The molecule has 3 rings (SSSR count). The third-order valence-electron chi connectivity index (χ3n) is 7.18. The van der Waals surface area contributed by atoms with Gasteiger partial charge in [0, 0.05) is 0 Å². The molecule has 0 fully saturated rings. The maximum atomic E-state index is 12.7. The molecular weight excluding hydrogens is 544 g/mol. The number of carbonyl (C=O) groups excluding carboxylic acids is 3. The van der Waals surface area contributed by atoms with Gasteiger partial charge in [-0.3, -0.25) is 0 Å². The second-order valence-electron chi connectivity index (χ2n) is 10.6. The smallest absolute Gasteiger partial charge is 0.347 e. The van der Waals surface area contributed by atoms with Crippen molar-refractivity contribution in [2.75, 3.05) is 6.61 Å². The Hall–Kier alpha value is -4.13. The molecule has 7 heteroatoms. The van der Waals surface area contributed by atoms with Crippen LogP contribution in [0, 0.1) is 0 Å². The Labute approximate surface area is 255 Å². The molecule has 0 aliphatic rings. The average molecular weight is 589 g/mol. The molecule has 3 aromatic rings. The van der Waals surface area contributed by atoms with Crippen LogP contribution in [0.1, 0.15) is 99.8 Å². The largest absolute Gasteiger partial charge is 0.494 e. The predicted molar refractivity (Wildman–Crippen MR) is 167 cm³/mol. The van der Waals surface area contributed by atoms with E-state index in [0.29, 0.717) is 18.4 Å². The Kier molecular flexibility index (Phi) is 13.8. The predicted octanol–water partition coefficient (Wildman–Crippen LogP) is 8.59. The number of hydrogen-bond donors (Lipinski definition) is 0. The zero-order valence-electron chi connectivity index (χ0n) is 25.8. The zero-order valence-corrected chi connectivity index (χ0v) is 25.8. The molecule has 0 heterocycles. The Balaban J connectivity index is 1.47. The first-order valence-corrected chi connectivity index (χ1v) is 15.4. The second-order valence-corrected chi connectivity index (χ2v) is 10.6. The van der Waals surface area contributed by atoms with Crippen LogP contribution in [0.2, 0.25) is 0 Å². The Morgan fingerprint density at radius 2 is 1.12 bits per heavy atom. The number of benzene rings is 3. The van der Waals surface area contributed by atoms with E-state index in [1.165, 1.54) is 63.3 Å². The van der Waals surface area contributed by atoms with Crippen LogP contribution in [0.15, 0.2) is 72.8 Å². The van der Waals surface area contributed by atoms with Crippen molar-refractivity contribution in [3.63, 3.8) is 0 Å². The lowest BCUT2D eigenvalue weighted by atomic mass is 10.0. The van der Waals surface area contributed by atoms with Crippen molar-refractivity contribution in [2.45, 2.75) is 91.3 Å². The Bertz CT molecular complexity index is 1280. The van der Waals surface area contributed by atoms with E-state index < -0.39 is 24.0 Å². The van der Waals surface area contributed by atoms with Gasteiger partial charge in [0.1, 0.15) is 17.6 Å². The molecule has 43 heavy (non-hydrogen) atoms. The summed E-state index contributed by atoms with van der Waals surface area (Å²) in [5, 5.41) is 0. The molecular formula is C36H44O7. The molecule has 0 aliphatic carbocycles. The van der Waals surface area contributed by atoms with Crippen molar-refractivity contribution >= 4 is 17.9 Å². The van der Waals surface area contributed by atoms with Crippen molar-refractivity contribution < 1.29 is 33.3 Å². The maximum absolute atomic E-state index is 12.7. The number of hydrogen-bond acceptors (Lipinski definition) is 7. The highest BCUT2D eigenvalue weighted by atomic mass is 16.6. The third kappa shape index (κ3) is 10.9. The molecule has 7 nitrogen and oxygen atoms in total. The lowest BCUT2D eigenvalue weighted by Gasteiger charge is -2.18. The molecule has 0 radical (unpaired) electrons. The summed E-state index contributed by atoms with van der Waals surface area (Å²) >= 11 is 0. The van der Waals surface area contributed by atoms with Crippen molar-refractivity contribution in [1.29, 1.82) is 0 Å². The first-order valence-electron chi connectivity index (χ1n) is 15.4. The highest BCUT2D eigenvalue weighted by molar-refractivity contribution is 5.93. The molecule has 0 amide bonds. The highest BCUT2D eigenvalue weighted by Gasteiger charge is 2.22. The molecule has 3 aromatic carbocycles. The van der Waals surface area contributed by atoms with Gasteiger partial charge >= 0.3 is 17.9 Å². The molecule has 1 atom stereocenters. The van der Waals surface area contributed by atoms with E-state index >= 15 is 0 Å². The van der Waals surface area contributed by atoms with Gasteiger partial charge in [0.25, 0.3) is 0 Å². The van der Waals surface area contributed by atoms with E-state index in [0.717, 1.165) is 29.9 Å². The lowest BCUT2D eigenvalue weighted by Crippen LogP contribution is -2.29. The van der Waals surface area contributed by atoms with Gasteiger partial charge in [0.15, 0.2) is 6.10 Å². The summed E-state index contributed by atoms with van der Waals surface area (Å²) in [4.78, 5) is 37.3. The number of rotatable bonds is 17. The average Bonchev–Trinajstić information content (AvgIpc) is 3.03. The van der Waals surface area contributed by atoms with E-state index in [1.807, 2.05) is 50.2 Å². The quantitative estimate of drug-likeness (QED) is 0.0886. The topological polar surface area (TPSA) is 88.1 Å². The minimum Gasteiger partial charge on any atom is -0.494 e. The molecule has 230 valence electrons. The van der Waals surface area contributed by atoms with Gasteiger partial charge < -0.3 is 18.9 Å². The Morgan fingerprint density at radius 3 is 1.72 bits per heavy atom. The fourth-order valence-corrected chi connectivity index (χ4v) is 4.43. The minimum absolute atomic E-state index is 0.204. The number of unbranched alkanes of at least 4 members (excludes halogenated alkanes) is 5. The van der Waals surface area contributed by atoms with E-state index in [-0.39, 0.29) is 17.4 Å². The molecule has 0 aliphatic heterocycles. The van der Waals surface area contributed by atoms with Crippen LogP contribution in [0.3, 0.4) is 0 Å². The summed E-state index contributed by atoms with van der Waals surface area (Å²) in [6, 6.07) is 21.1. The van der Waals surface area contributed by atoms with Crippen molar-refractivity contribution in [3.8, 4) is 22.6 Å². The summed E-state index contributed by atoms with van der Waals surface area (Å²) in [6.07, 6.45) is 7.53. The van der Waals surface area contributed by atoms with Crippen molar-refractivity contribution in [3.05, 3.63) is 83.9 Å². The second kappa shape index (κ2) is 17.7.